The average molecular weight is 228 g/mol. The van der Waals surface area contributed by atoms with Gasteiger partial charge in [-0.15, -0.1) is 0 Å². The van der Waals surface area contributed by atoms with E-state index in [1.807, 2.05) is 0 Å². The molecule has 1 rings (SSSR count). The van der Waals surface area contributed by atoms with Gasteiger partial charge in [-0.1, -0.05) is 12.2 Å². The first kappa shape index (κ1) is 13.0. The van der Waals surface area contributed by atoms with Gasteiger partial charge in [-0.2, -0.15) is 0 Å². The Hall–Kier alpha value is -0.0982. The maximum atomic E-state index is 5.85. The molecule has 0 aliphatic carbocycles. The summed E-state index contributed by atoms with van der Waals surface area (Å²) in [5, 5.41) is 0. The van der Waals surface area contributed by atoms with Gasteiger partial charge in [0.1, 0.15) is 10.5 Å². The van der Waals surface area contributed by atoms with E-state index in [-0.39, 0.29) is 18.3 Å². The maximum absolute atomic E-state index is 5.85. The molecule has 0 spiro atoms. The van der Waals surface area contributed by atoms with Crippen LogP contribution in [0.4, 0.5) is 0 Å². The van der Waals surface area contributed by atoms with Gasteiger partial charge in [0.2, 0.25) is 0 Å². The molecular weight excluding hydrogens is 207 g/mol. The van der Waals surface area contributed by atoms with Crippen molar-refractivity contribution in [2.75, 3.05) is 6.61 Å². The molecule has 0 aromatic carbocycles. The van der Waals surface area contributed by atoms with Crippen LogP contribution in [0.25, 0.3) is 0 Å². The first-order valence-electron chi connectivity index (χ1n) is 5.30. The summed E-state index contributed by atoms with van der Waals surface area (Å²) in [5.41, 5.74) is 0.531. The van der Waals surface area contributed by atoms with E-state index in [0.717, 1.165) is 22.4 Å². The quantitative estimate of drug-likeness (QED) is 0.529. The maximum Gasteiger partial charge on any atom is 0.462 e. The van der Waals surface area contributed by atoms with Gasteiger partial charge in [0, 0.05) is 6.32 Å². The van der Waals surface area contributed by atoms with Crippen molar-refractivity contribution in [3.05, 3.63) is 12.2 Å². The molecule has 0 N–H and O–H groups in total. The topological polar surface area (TPSA) is 27.7 Å². The van der Waals surface area contributed by atoms with Gasteiger partial charge >= 0.3 is 7.12 Å². The Labute approximate surface area is 95.9 Å². The van der Waals surface area contributed by atoms with Crippen molar-refractivity contribution >= 4 is 17.6 Å². The summed E-state index contributed by atoms with van der Waals surface area (Å²) < 4.78 is 16.9. The van der Waals surface area contributed by atoms with Gasteiger partial charge in [0.25, 0.3) is 0 Å². The molecule has 0 aromatic heterocycles. The molecule has 15 heavy (non-hydrogen) atoms. The Morgan fingerprint density at radius 3 is 2.13 bits per heavy atom. The molecule has 1 saturated heterocycles. The smallest absolute Gasteiger partial charge is 0.424 e. The zero-order chi connectivity index (χ0) is 11.7. The third-order valence-corrected chi connectivity index (χ3v) is 3.39. The van der Waals surface area contributed by atoms with Crippen molar-refractivity contribution in [2.24, 2.45) is 0 Å². The molecular formula is C10H21BO3Si. The van der Waals surface area contributed by atoms with Crippen LogP contribution in [-0.4, -0.2) is 35.4 Å². The van der Waals surface area contributed by atoms with Crippen LogP contribution in [0.1, 0.15) is 27.7 Å². The van der Waals surface area contributed by atoms with E-state index in [9.17, 15) is 0 Å². The van der Waals surface area contributed by atoms with E-state index in [2.05, 4.69) is 34.3 Å². The van der Waals surface area contributed by atoms with Crippen LogP contribution in [0.15, 0.2) is 12.2 Å². The van der Waals surface area contributed by atoms with Gasteiger partial charge in [0.15, 0.2) is 0 Å². The highest BCUT2D eigenvalue weighted by Crippen LogP contribution is 2.38. The van der Waals surface area contributed by atoms with Gasteiger partial charge in [-0.3, -0.25) is 0 Å². The van der Waals surface area contributed by atoms with Crippen LogP contribution >= 0.6 is 0 Å². The third kappa shape index (κ3) is 2.94. The van der Waals surface area contributed by atoms with Crippen LogP contribution < -0.4 is 0 Å². The second-order valence-corrected chi connectivity index (χ2v) is 5.65. The summed E-state index contributed by atoms with van der Waals surface area (Å²) in [6.45, 7) is 12.8. The van der Waals surface area contributed by atoms with E-state index in [4.69, 9.17) is 13.7 Å². The number of hydrogen-bond acceptors (Lipinski definition) is 3. The minimum atomic E-state index is -0.250. The highest BCUT2D eigenvalue weighted by molar-refractivity contribution is 6.46. The molecule has 0 amide bonds. The zero-order valence-electron chi connectivity index (χ0n) is 10.4. The molecule has 0 radical (unpaired) electrons. The summed E-state index contributed by atoms with van der Waals surface area (Å²) in [6.07, 6.45) is 0.717. The first-order valence-corrected chi connectivity index (χ1v) is 6.11. The van der Waals surface area contributed by atoms with Crippen molar-refractivity contribution in [1.29, 1.82) is 0 Å². The molecule has 0 atom stereocenters. The summed E-state index contributed by atoms with van der Waals surface area (Å²) in [5.74, 6) is 0. The highest BCUT2D eigenvalue weighted by Gasteiger charge is 2.50. The Balaban J connectivity index is 2.52. The molecule has 0 saturated carbocycles. The number of hydrogen-bond donors (Lipinski definition) is 0. The Kier molecular flexibility index (Phi) is 3.81. The van der Waals surface area contributed by atoms with E-state index < -0.39 is 0 Å². The van der Waals surface area contributed by atoms with Crippen LogP contribution in [-0.2, 0) is 13.7 Å². The SMILES string of the molecule is C=C(CO[SiH3])CB1OC(C)(C)C(C)(C)O1. The summed E-state index contributed by atoms with van der Waals surface area (Å²) >= 11 is 0. The Morgan fingerprint density at radius 2 is 1.73 bits per heavy atom. The molecule has 0 unspecified atom stereocenters. The molecule has 0 bridgehead atoms. The summed E-state index contributed by atoms with van der Waals surface area (Å²) in [6, 6.07) is 0. The summed E-state index contributed by atoms with van der Waals surface area (Å²) in [7, 11) is 0.563. The predicted molar refractivity (Wildman–Crippen MR) is 65.9 cm³/mol. The molecule has 1 fully saturated rings. The molecule has 1 aliphatic heterocycles. The lowest BCUT2D eigenvalue weighted by atomic mass is 9.81. The largest absolute Gasteiger partial charge is 0.462 e. The van der Waals surface area contributed by atoms with E-state index >= 15 is 0 Å². The van der Waals surface area contributed by atoms with Crippen LogP contribution in [0, 0.1) is 0 Å². The van der Waals surface area contributed by atoms with Crippen molar-refractivity contribution in [2.45, 2.75) is 45.2 Å². The lowest BCUT2D eigenvalue weighted by Gasteiger charge is -2.32. The lowest BCUT2D eigenvalue weighted by Crippen LogP contribution is -2.41. The lowest BCUT2D eigenvalue weighted by molar-refractivity contribution is 0.00578. The summed E-state index contributed by atoms with van der Waals surface area (Å²) in [4.78, 5) is 0. The zero-order valence-corrected chi connectivity index (χ0v) is 12.4. The van der Waals surface area contributed by atoms with Gasteiger partial charge < -0.3 is 13.7 Å². The predicted octanol–water partition coefficient (Wildman–Crippen LogP) is 0.932. The Bertz CT molecular complexity index is 237. The molecule has 5 heteroatoms. The fraction of sp³-hybridized carbons (Fsp3) is 0.800. The van der Waals surface area contributed by atoms with Gasteiger partial charge in [-0.05, 0) is 27.7 Å². The fourth-order valence-electron chi connectivity index (χ4n) is 1.55. The van der Waals surface area contributed by atoms with E-state index in [1.165, 1.54) is 0 Å². The van der Waals surface area contributed by atoms with E-state index in [0.29, 0.717) is 6.61 Å². The van der Waals surface area contributed by atoms with Gasteiger partial charge in [0.05, 0.1) is 17.8 Å². The Morgan fingerprint density at radius 1 is 1.27 bits per heavy atom. The second kappa shape index (κ2) is 4.41. The van der Waals surface area contributed by atoms with Crippen molar-refractivity contribution in [1.82, 2.24) is 0 Å². The standard InChI is InChI=1S/C10H21BO3Si/c1-8(7-12-15)6-11-13-9(2,3)10(4,5)14-11/h1,6-7H2,2-5,15H3. The second-order valence-electron chi connectivity index (χ2n) is 5.07. The van der Waals surface area contributed by atoms with Crippen LogP contribution in [0.3, 0.4) is 0 Å². The highest BCUT2D eigenvalue weighted by atomic mass is 28.2. The van der Waals surface area contributed by atoms with Crippen molar-refractivity contribution in [3.63, 3.8) is 0 Å². The molecule has 1 heterocycles. The van der Waals surface area contributed by atoms with Crippen molar-refractivity contribution in [3.8, 4) is 0 Å². The fourth-order valence-corrected chi connectivity index (χ4v) is 1.96. The molecule has 0 aromatic rings. The minimum absolute atomic E-state index is 0.181. The molecule has 86 valence electrons. The molecule has 1 aliphatic rings. The van der Waals surface area contributed by atoms with Crippen LogP contribution in [0.2, 0.25) is 6.32 Å². The monoisotopic (exact) mass is 228 g/mol. The number of rotatable bonds is 4. The average Bonchev–Trinajstić information content (AvgIpc) is 2.19. The van der Waals surface area contributed by atoms with Gasteiger partial charge in [-0.25, -0.2) is 0 Å². The normalized spacial score (nSPS) is 23.3. The van der Waals surface area contributed by atoms with E-state index in [1.54, 1.807) is 0 Å². The van der Waals surface area contributed by atoms with Crippen LogP contribution in [0.5, 0.6) is 0 Å². The third-order valence-electron chi connectivity index (χ3n) is 3.11. The van der Waals surface area contributed by atoms with Crippen molar-refractivity contribution < 1.29 is 13.7 Å². The molecule has 3 nitrogen and oxygen atoms in total. The first-order chi connectivity index (χ1) is 6.78. The minimum Gasteiger partial charge on any atom is -0.424 e.